The van der Waals surface area contributed by atoms with Gasteiger partial charge in [0.25, 0.3) is 0 Å². The number of allylic oxidation sites excluding steroid dienone is 1. The second-order valence-electron chi connectivity index (χ2n) is 2.81. The van der Waals surface area contributed by atoms with Gasteiger partial charge in [-0.3, -0.25) is 0 Å². The molecule has 1 aromatic carbocycles. The first-order valence-corrected chi connectivity index (χ1v) is 3.92. The smallest absolute Gasteiger partial charge is 0.0924 e. The number of hydrogen-bond donors (Lipinski definition) is 2. The van der Waals surface area contributed by atoms with Crippen LogP contribution in [0.25, 0.3) is 6.08 Å². The summed E-state index contributed by atoms with van der Waals surface area (Å²) in [5.41, 5.74) is 6.26. The zero-order chi connectivity index (χ0) is 9.26. The van der Waals surface area contributed by atoms with Crippen LogP contribution >= 0.6 is 0 Å². The van der Waals surface area contributed by atoms with E-state index in [9.17, 15) is 0 Å². The Labute approximate surface area is 75.4 Å². The van der Waals surface area contributed by atoms with Crippen LogP contribution in [-0.2, 0) is 0 Å². The van der Waals surface area contributed by atoms with Crippen molar-refractivity contribution in [1.82, 2.24) is 5.12 Å². The molecule has 0 aromatic heterocycles. The molecule has 4 N–H and O–H groups in total. The largest absolute Gasteiger partial charge is 0.397 e. The lowest BCUT2D eigenvalue weighted by molar-refractivity contribution is 0.403. The Balaban J connectivity index is 2.76. The average molecular weight is 174 g/mol. The molecule has 2 rings (SSSR count). The molecule has 0 radical (unpaired) electrons. The zero-order valence-electron chi connectivity index (χ0n) is 7.01. The Morgan fingerprint density at radius 2 is 2.00 bits per heavy atom. The number of nitrogens with zero attached hydrogens (tertiary/aromatic N) is 2. The van der Waals surface area contributed by atoms with E-state index in [0.717, 1.165) is 10.6 Å². The summed E-state index contributed by atoms with van der Waals surface area (Å²) in [5, 5.41) is 7.13. The van der Waals surface area contributed by atoms with Gasteiger partial charge in [-0.15, -0.1) is 0 Å². The van der Waals surface area contributed by atoms with Gasteiger partial charge in [0.2, 0.25) is 0 Å². The molecule has 4 heteroatoms. The van der Waals surface area contributed by atoms with Gasteiger partial charge in [0, 0.05) is 5.22 Å². The lowest BCUT2D eigenvalue weighted by Gasteiger charge is -2.03. The molecule has 0 aliphatic carbocycles. The fourth-order valence-electron chi connectivity index (χ4n) is 1.22. The quantitative estimate of drug-likeness (QED) is 0.495. The van der Waals surface area contributed by atoms with Gasteiger partial charge in [0.05, 0.1) is 17.3 Å². The second-order valence-corrected chi connectivity index (χ2v) is 2.81. The molecule has 66 valence electrons. The third kappa shape index (κ3) is 1.52. The van der Waals surface area contributed by atoms with Crippen molar-refractivity contribution in [1.29, 1.82) is 0 Å². The molecule has 0 unspecified atom stereocenters. The standard InChI is InChI=1S/C9H10N4/c10-8-5-7-3-1-2-4-9(7)12-13(11)6-8/h1-6H,10-11H2. The summed E-state index contributed by atoms with van der Waals surface area (Å²) < 4.78 is 0. The van der Waals surface area contributed by atoms with Crippen molar-refractivity contribution in [2.24, 2.45) is 16.7 Å². The molecule has 1 aromatic rings. The minimum Gasteiger partial charge on any atom is -0.397 e. The van der Waals surface area contributed by atoms with Gasteiger partial charge in [0.1, 0.15) is 0 Å². The third-order valence-electron chi connectivity index (χ3n) is 1.76. The predicted molar refractivity (Wildman–Crippen MR) is 50.0 cm³/mol. The number of benzene rings is 1. The molecule has 1 aliphatic rings. The molecule has 0 atom stereocenters. The Morgan fingerprint density at radius 1 is 1.23 bits per heavy atom. The SMILES string of the molecule is NC1=CN(N)N=c2ccccc2=C1. The highest BCUT2D eigenvalue weighted by Gasteiger charge is 1.96. The topological polar surface area (TPSA) is 67.6 Å². The third-order valence-corrected chi connectivity index (χ3v) is 1.76. The Hall–Kier alpha value is -1.81. The van der Waals surface area contributed by atoms with Crippen LogP contribution in [-0.4, -0.2) is 5.12 Å². The molecule has 0 fully saturated rings. The van der Waals surface area contributed by atoms with Crippen LogP contribution in [0.4, 0.5) is 0 Å². The highest BCUT2D eigenvalue weighted by atomic mass is 15.6. The van der Waals surface area contributed by atoms with Crippen LogP contribution in [0.2, 0.25) is 0 Å². The van der Waals surface area contributed by atoms with Gasteiger partial charge >= 0.3 is 0 Å². The van der Waals surface area contributed by atoms with E-state index in [0.29, 0.717) is 5.70 Å². The van der Waals surface area contributed by atoms with E-state index < -0.39 is 0 Å². The molecule has 0 saturated heterocycles. The van der Waals surface area contributed by atoms with Gasteiger partial charge < -0.3 is 5.73 Å². The van der Waals surface area contributed by atoms with Crippen molar-refractivity contribution in [2.75, 3.05) is 0 Å². The van der Waals surface area contributed by atoms with Crippen LogP contribution in [0.3, 0.4) is 0 Å². The van der Waals surface area contributed by atoms with Crippen molar-refractivity contribution >= 4 is 6.08 Å². The van der Waals surface area contributed by atoms with E-state index in [1.54, 1.807) is 6.20 Å². The van der Waals surface area contributed by atoms with Crippen LogP contribution in [0.5, 0.6) is 0 Å². The van der Waals surface area contributed by atoms with E-state index in [2.05, 4.69) is 5.10 Å². The van der Waals surface area contributed by atoms with Crippen molar-refractivity contribution in [2.45, 2.75) is 0 Å². The molecule has 4 nitrogen and oxygen atoms in total. The molecule has 0 saturated carbocycles. The molecule has 0 spiro atoms. The van der Waals surface area contributed by atoms with Crippen LogP contribution < -0.4 is 22.2 Å². The minimum atomic E-state index is 0.594. The zero-order valence-corrected chi connectivity index (χ0v) is 7.01. The summed E-state index contributed by atoms with van der Waals surface area (Å²) in [6.45, 7) is 0. The van der Waals surface area contributed by atoms with Crippen LogP contribution in [0, 0.1) is 0 Å². The molecule has 1 aliphatic heterocycles. The fourth-order valence-corrected chi connectivity index (χ4v) is 1.22. The molecular formula is C9H10N4. The van der Waals surface area contributed by atoms with E-state index >= 15 is 0 Å². The molecule has 13 heavy (non-hydrogen) atoms. The Bertz CT molecular complexity index is 461. The number of fused-ring (bicyclic) bond motifs is 1. The fraction of sp³-hybridized carbons (Fsp3) is 0. The van der Waals surface area contributed by atoms with Crippen molar-refractivity contribution < 1.29 is 0 Å². The Morgan fingerprint density at radius 3 is 2.85 bits per heavy atom. The summed E-state index contributed by atoms with van der Waals surface area (Å²) >= 11 is 0. The maximum Gasteiger partial charge on any atom is 0.0924 e. The van der Waals surface area contributed by atoms with E-state index in [1.807, 2.05) is 30.3 Å². The molecule has 0 amide bonds. The van der Waals surface area contributed by atoms with Crippen molar-refractivity contribution in [3.05, 3.63) is 46.7 Å². The van der Waals surface area contributed by atoms with E-state index in [-0.39, 0.29) is 0 Å². The molecular weight excluding hydrogens is 164 g/mol. The number of hydrazine groups is 1. The monoisotopic (exact) mass is 174 g/mol. The summed E-state index contributed by atoms with van der Waals surface area (Å²) in [7, 11) is 0. The highest BCUT2D eigenvalue weighted by Crippen LogP contribution is 1.91. The normalized spacial score (nSPS) is 14.8. The number of hydrogen-bond acceptors (Lipinski definition) is 4. The van der Waals surface area contributed by atoms with Crippen molar-refractivity contribution in [3.8, 4) is 0 Å². The first-order valence-electron chi connectivity index (χ1n) is 3.92. The highest BCUT2D eigenvalue weighted by molar-refractivity contribution is 5.44. The number of rotatable bonds is 0. The Kier molecular flexibility index (Phi) is 1.75. The summed E-state index contributed by atoms with van der Waals surface area (Å²) in [5.74, 6) is 5.53. The number of nitrogens with two attached hydrogens (primary N) is 2. The average Bonchev–Trinajstić information content (AvgIpc) is 2.20. The van der Waals surface area contributed by atoms with E-state index in [4.69, 9.17) is 11.6 Å². The maximum atomic E-state index is 5.66. The van der Waals surface area contributed by atoms with Gasteiger partial charge in [-0.1, -0.05) is 18.2 Å². The summed E-state index contributed by atoms with van der Waals surface area (Å²) in [6, 6.07) is 7.67. The summed E-state index contributed by atoms with van der Waals surface area (Å²) in [4.78, 5) is 0. The first-order chi connectivity index (χ1) is 6.25. The van der Waals surface area contributed by atoms with Gasteiger partial charge in [-0.05, 0) is 12.1 Å². The predicted octanol–water partition coefficient (Wildman–Crippen LogP) is -1.01. The lowest BCUT2D eigenvalue weighted by Crippen LogP contribution is -2.28. The van der Waals surface area contributed by atoms with Crippen LogP contribution in [0.1, 0.15) is 0 Å². The van der Waals surface area contributed by atoms with Gasteiger partial charge in [0.15, 0.2) is 0 Å². The first kappa shape index (κ1) is 7.82. The minimum absolute atomic E-state index is 0.594. The van der Waals surface area contributed by atoms with Crippen LogP contribution in [0.15, 0.2) is 41.3 Å². The maximum absolute atomic E-state index is 5.66. The van der Waals surface area contributed by atoms with Gasteiger partial charge in [-0.25, -0.2) is 11.0 Å². The molecule has 1 heterocycles. The lowest BCUT2D eigenvalue weighted by atomic mass is 10.2. The summed E-state index contributed by atoms with van der Waals surface area (Å²) in [6.07, 6.45) is 3.41. The second kappa shape index (κ2) is 2.91. The van der Waals surface area contributed by atoms with Crippen molar-refractivity contribution in [3.63, 3.8) is 0 Å². The van der Waals surface area contributed by atoms with E-state index in [1.165, 1.54) is 5.12 Å². The molecule has 0 bridgehead atoms. The van der Waals surface area contributed by atoms with Gasteiger partial charge in [-0.2, -0.15) is 5.10 Å².